The molecule has 0 aromatic heterocycles. The molecule has 1 fully saturated rings. The highest BCUT2D eigenvalue weighted by molar-refractivity contribution is 6.17. The molecule has 3 nitrogen and oxygen atoms in total. The Morgan fingerprint density at radius 1 is 1.42 bits per heavy atom. The van der Waals surface area contributed by atoms with Crippen LogP contribution in [0, 0.1) is 5.92 Å². The number of alkyl halides is 1. The van der Waals surface area contributed by atoms with Crippen LogP contribution < -0.4 is 5.32 Å². The molecule has 1 N–H and O–H groups in total. The van der Waals surface area contributed by atoms with Crippen molar-refractivity contribution in [1.29, 1.82) is 0 Å². The Morgan fingerprint density at radius 3 is 2.84 bits per heavy atom. The molecular formula is C15H20ClNO2. The van der Waals surface area contributed by atoms with Crippen molar-refractivity contribution in [2.45, 2.75) is 38.2 Å². The Morgan fingerprint density at radius 2 is 2.16 bits per heavy atom. The van der Waals surface area contributed by atoms with E-state index >= 15 is 0 Å². The summed E-state index contributed by atoms with van der Waals surface area (Å²) in [6, 6.07) is 7.64. The molecule has 1 aromatic carbocycles. The summed E-state index contributed by atoms with van der Waals surface area (Å²) in [5.41, 5.74) is 1.78. The first-order chi connectivity index (χ1) is 9.22. The number of rotatable bonds is 6. The number of carbonyl (C=O) groups excluding carboxylic acids is 1. The number of hydrogen-bond donors (Lipinski definition) is 1. The van der Waals surface area contributed by atoms with Crippen molar-refractivity contribution < 1.29 is 9.53 Å². The summed E-state index contributed by atoms with van der Waals surface area (Å²) in [4.78, 5) is 12.0. The lowest BCUT2D eigenvalue weighted by Crippen LogP contribution is -2.33. The van der Waals surface area contributed by atoms with Gasteiger partial charge in [0, 0.05) is 24.6 Å². The van der Waals surface area contributed by atoms with Crippen LogP contribution in [0.1, 0.15) is 31.7 Å². The largest absolute Gasteiger partial charge is 0.378 e. The molecule has 1 aromatic rings. The van der Waals surface area contributed by atoms with E-state index in [1.54, 1.807) is 0 Å². The van der Waals surface area contributed by atoms with Gasteiger partial charge in [0.1, 0.15) is 0 Å². The molecule has 0 bridgehead atoms. The van der Waals surface area contributed by atoms with Crippen molar-refractivity contribution in [2.24, 2.45) is 5.92 Å². The minimum Gasteiger partial charge on any atom is -0.378 e. The predicted molar refractivity (Wildman–Crippen MR) is 77.4 cm³/mol. The molecule has 2 rings (SSSR count). The summed E-state index contributed by atoms with van der Waals surface area (Å²) >= 11 is 5.85. The third-order valence-electron chi connectivity index (χ3n) is 3.50. The summed E-state index contributed by atoms with van der Waals surface area (Å²) in [7, 11) is 0. The summed E-state index contributed by atoms with van der Waals surface area (Å²) < 4.78 is 5.50. The van der Waals surface area contributed by atoms with Gasteiger partial charge in [-0.25, -0.2) is 0 Å². The third kappa shape index (κ3) is 3.95. The van der Waals surface area contributed by atoms with Crippen LogP contribution >= 0.6 is 11.6 Å². The molecule has 19 heavy (non-hydrogen) atoms. The summed E-state index contributed by atoms with van der Waals surface area (Å²) in [6.07, 6.45) is 2.93. The number of carbonyl (C=O) groups is 1. The van der Waals surface area contributed by atoms with E-state index in [9.17, 15) is 4.79 Å². The first-order valence-electron chi connectivity index (χ1n) is 6.78. The lowest BCUT2D eigenvalue weighted by molar-refractivity contribution is -0.119. The van der Waals surface area contributed by atoms with Crippen LogP contribution in [0.25, 0.3) is 0 Å². The van der Waals surface area contributed by atoms with Gasteiger partial charge >= 0.3 is 0 Å². The van der Waals surface area contributed by atoms with Crippen molar-refractivity contribution in [1.82, 2.24) is 0 Å². The van der Waals surface area contributed by atoms with Crippen LogP contribution in [-0.2, 0) is 15.4 Å². The van der Waals surface area contributed by atoms with Gasteiger partial charge in [0.15, 0.2) is 0 Å². The van der Waals surface area contributed by atoms with Crippen LogP contribution in [0.2, 0.25) is 0 Å². The Balaban J connectivity index is 1.79. The molecule has 1 aliphatic rings. The second-order valence-electron chi connectivity index (χ2n) is 4.96. The Kier molecular flexibility index (Phi) is 5.23. The van der Waals surface area contributed by atoms with Gasteiger partial charge in [-0.3, -0.25) is 4.79 Å². The number of nitrogens with one attached hydrogen (secondary N) is 1. The third-order valence-corrected chi connectivity index (χ3v) is 3.79. The number of halogens is 1. The Hall–Kier alpha value is -1.06. The summed E-state index contributed by atoms with van der Waals surface area (Å²) in [5, 5.41) is 2.94. The van der Waals surface area contributed by atoms with Gasteiger partial charge in [0.2, 0.25) is 5.91 Å². The topological polar surface area (TPSA) is 38.3 Å². The predicted octanol–water partition coefficient (Wildman–Crippen LogP) is 3.57. The molecule has 1 saturated carbocycles. The van der Waals surface area contributed by atoms with Crippen LogP contribution in [0.5, 0.6) is 0 Å². The van der Waals surface area contributed by atoms with E-state index in [4.69, 9.17) is 16.3 Å². The van der Waals surface area contributed by atoms with E-state index in [1.807, 2.05) is 31.2 Å². The molecule has 1 amide bonds. The maximum absolute atomic E-state index is 12.0. The van der Waals surface area contributed by atoms with Crippen molar-refractivity contribution in [3.8, 4) is 0 Å². The molecule has 0 atom stereocenters. The van der Waals surface area contributed by atoms with Crippen LogP contribution in [-0.4, -0.2) is 18.6 Å². The van der Waals surface area contributed by atoms with Crippen molar-refractivity contribution in [2.75, 3.05) is 11.9 Å². The smallest absolute Gasteiger partial charge is 0.224 e. The SMILES string of the molecule is CCOC1CC(CC(=O)Nc2ccccc2CCl)C1. The quantitative estimate of drug-likeness (QED) is 0.810. The molecule has 0 heterocycles. The zero-order valence-electron chi connectivity index (χ0n) is 11.2. The summed E-state index contributed by atoms with van der Waals surface area (Å²) in [5.74, 6) is 0.934. The molecule has 0 saturated heterocycles. The molecule has 0 radical (unpaired) electrons. The average Bonchev–Trinajstić information content (AvgIpc) is 2.37. The van der Waals surface area contributed by atoms with Gasteiger partial charge < -0.3 is 10.1 Å². The first kappa shape index (κ1) is 14.4. The fraction of sp³-hybridized carbons (Fsp3) is 0.533. The van der Waals surface area contributed by atoms with E-state index < -0.39 is 0 Å². The number of para-hydroxylation sites is 1. The number of hydrogen-bond acceptors (Lipinski definition) is 2. The zero-order chi connectivity index (χ0) is 13.7. The van der Waals surface area contributed by atoms with Crippen molar-refractivity contribution >= 4 is 23.2 Å². The molecule has 0 unspecified atom stereocenters. The Labute approximate surface area is 119 Å². The van der Waals surface area contributed by atoms with E-state index in [0.29, 0.717) is 24.3 Å². The molecule has 0 spiro atoms. The second kappa shape index (κ2) is 6.92. The Bertz CT molecular complexity index is 430. The minimum absolute atomic E-state index is 0.0671. The molecule has 0 aliphatic heterocycles. The van der Waals surface area contributed by atoms with Crippen LogP contribution in [0.3, 0.4) is 0 Å². The fourth-order valence-electron chi connectivity index (χ4n) is 2.44. The highest BCUT2D eigenvalue weighted by Gasteiger charge is 2.31. The first-order valence-corrected chi connectivity index (χ1v) is 7.31. The van der Waals surface area contributed by atoms with E-state index in [-0.39, 0.29) is 5.91 Å². The summed E-state index contributed by atoms with van der Waals surface area (Å²) in [6.45, 7) is 2.76. The van der Waals surface area contributed by atoms with Gasteiger partial charge in [0.25, 0.3) is 0 Å². The van der Waals surface area contributed by atoms with Crippen LogP contribution in [0.15, 0.2) is 24.3 Å². The van der Waals surface area contributed by atoms with E-state index in [2.05, 4.69) is 5.32 Å². The average molecular weight is 282 g/mol. The molecular weight excluding hydrogens is 262 g/mol. The van der Waals surface area contributed by atoms with E-state index in [1.165, 1.54) is 0 Å². The van der Waals surface area contributed by atoms with Gasteiger partial charge in [-0.2, -0.15) is 0 Å². The maximum Gasteiger partial charge on any atom is 0.224 e. The van der Waals surface area contributed by atoms with E-state index in [0.717, 1.165) is 30.7 Å². The molecule has 104 valence electrons. The standard InChI is InChI=1S/C15H20ClNO2/c1-2-19-13-7-11(8-13)9-15(18)17-14-6-4-3-5-12(14)10-16/h3-6,11,13H,2,7-10H2,1H3,(H,17,18). The monoisotopic (exact) mass is 281 g/mol. The lowest BCUT2D eigenvalue weighted by Gasteiger charge is -2.34. The fourth-order valence-corrected chi connectivity index (χ4v) is 2.67. The van der Waals surface area contributed by atoms with Gasteiger partial charge in [0.05, 0.1) is 6.10 Å². The maximum atomic E-state index is 12.0. The normalized spacial score (nSPS) is 21.8. The van der Waals surface area contributed by atoms with Gasteiger partial charge in [-0.1, -0.05) is 18.2 Å². The highest BCUT2D eigenvalue weighted by Crippen LogP contribution is 2.33. The molecule has 4 heteroatoms. The molecule has 1 aliphatic carbocycles. The van der Waals surface area contributed by atoms with Gasteiger partial charge in [-0.05, 0) is 37.3 Å². The number of benzene rings is 1. The number of amides is 1. The number of ether oxygens (including phenoxy) is 1. The minimum atomic E-state index is 0.0671. The second-order valence-corrected chi connectivity index (χ2v) is 5.23. The number of anilines is 1. The highest BCUT2D eigenvalue weighted by atomic mass is 35.5. The van der Waals surface area contributed by atoms with Crippen molar-refractivity contribution in [3.63, 3.8) is 0 Å². The lowest BCUT2D eigenvalue weighted by atomic mass is 9.80. The van der Waals surface area contributed by atoms with Crippen molar-refractivity contribution in [3.05, 3.63) is 29.8 Å². The van der Waals surface area contributed by atoms with Gasteiger partial charge in [-0.15, -0.1) is 11.6 Å². The van der Waals surface area contributed by atoms with Crippen LogP contribution in [0.4, 0.5) is 5.69 Å². The zero-order valence-corrected chi connectivity index (χ0v) is 12.0.